The quantitative estimate of drug-likeness (QED) is 0.888. The molecule has 1 heterocycles. The molecule has 0 spiro atoms. The lowest BCUT2D eigenvalue weighted by Gasteiger charge is -2.18. The van der Waals surface area contributed by atoms with Gasteiger partial charge in [-0.15, -0.1) is 0 Å². The average molecular weight is 248 g/mol. The van der Waals surface area contributed by atoms with Crippen LogP contribution in [0.2, 0.25) is 0 Å². The third-order valence-corrected chi connectivity index (χ3v) is 2.50. The Morgan fingerprint density at radius 3 is 2.53 bits per heavy atom. The lowest BCUT2D eigenvalue weighted by Crippen LogP contribution is -2.21. The number of hydrogen-bond donors (Lipinski definition) is 1. The standard InChI is InChI=1S/C11H11F3O3/c12-9-7(10-16-4-5-17-10)2-1-3-8(9)11(13,14)6-15/h1-3,10,15H,4-6H2. The maximum absolute atomic E-state index is 13.9. The maximum atomic E-state index is 13.9. The molecule has 1 fully saturated rings. The molecule has 17 heavy (non-hydrogen) atoms. The van der Waals surface area contributed by atoms with Gasteiger partial charge in [-0.1, -0.05) is 12.1 Å². The molecule has 0 amide bonds. The Morgan fingerprint density at radius 2 is 1.94 bits per heavy atom. The van der Waals surface area contributed by atoms with Crippen LogP contribution in [0.3, 0.4) is 0 Å². The summed E-state index contributed by atoms with van der Waals surface area (Å²) in [4.78, 5) is 0. The zero-order chi connectivity index (χ0) is 12.5. The van der Waals surface area contributed by atoms with Gasteiger partial charge in [0.15, 0.2) is 6.29 Å². The molecular weight excluding hydrogens is 237 g/mol. The summed E-state index contributed by atoms with van der Waals surface area (Å²) in [5.41, 5.74) is -0.926. The van der Waals surface area contributed by atoms with Gasteiger partial charge in [0.25, 0.3) is 5.92 Å². The zero-order valence-corrected chi connectivity index (χ0v) is 8.83. The molecule has 0 saturated carbocycles. The fourth-order valence-corrected chi connectivity index (χ4v) is 1.64. The topological polar surface area (TPSA) is 38.7 Å². The van der Waals surface area contributed by atoms with Gasteiger partial charge >= 0.3 is 0 Å². The Hall–Kier alpha value is -1.11. The highest BCUT2D eigenvalue weighted by Gasteiger charge is 2.36. The van der Waals surface area contributed by atoms with E-state index in [9.17, 15) is 13.2 Å². The van der Waals surface area contributed by atoms with Crippen molar-refractivity contribution >= 4 is 0 Å². The molecule has 0 aromatic heterocycles. The fourth-order valence-electron chi connectivity index (χ4n) is 1.64. The highest BCUT2D eigenvalue weighted by Crippen LogP contribution is 2.34. The molecule has 1 aromatic carbocycles. The molecule has 0 bridgehead atoms. The molecule has 1 aliphatic heterocycles. The van der Waals surface area contributed by atoms with Gasteiger partial charge in [-0.25, -0.2) is 4.39 Å². The van der Waals surface area contributed by atoms with Crippen molar-refractivity contribution in [2.45, 2.75) is 12.2 Å². The van der Waals surface area contributed by atoms with Crippen LogP contribution < -0.4 is 0 Å². The van der Waals surface area contributed by atoms with Gasteiger partial charge in [-0.05, 0) is 6.07 Å². The van der Waals surface area contributed by atoms with Gasteiger partial charge < -0.3 is 14.6 Å². The molecule has 1 saturated heterocycles. The second kappa shape index (κ2) is 4.64. The summed E-state index contributed by atoms with van der Waals surface area (Å²) >= 11 is 0. The molecule has 1 aromatic rings. The van der Waals surface area contributed by atoms with Crippen LogP contribution in [0.15, 0.2) is 18.2 Å². The van der Waals surface area contributed by atoms with E-state index in [0.29, 0.717) is 13.2 Å². The Morgan fingerprint density at radius 1 is 1.29 bits per heavy atom. The molecule has 94 valence electrons. The first-order chi connectivity index (χ1) is 8.06. The number of benzene rings is 1. The monoisotopic (exact) mass is 248 g/mol. The maximum Gasteiger partial charge on any atom is 0.298 e. The summed E-state index contributed by atoms with van der Waals surface area (Å²) in [5, 5.41) is 8.55. The Balaban J connectivity index is 2.39. The predicted octanol–water partition coefficient (Wildman–Crippen LogP) is 1.96. The second-order valence-electron chi connectivity index (χ2n) is 3.64. The van der Waals surface area contributed by atoms with Crippen LogP contribution in [-0.4, -0.2) is 24.9 Å². The molecule has 1 N–H and O–H groups in total. The largest absolute Gasteiger partial charge is 0.390 e. The lowest BCUT2D eigenvalue weighted by atomic mass is 10.0. The number of aliphatic hydroxyl groups excluding tert-OH is 1. The SMILES string of the molecule is OCC(F)(F)c1cccc(C2OCCO2)c1F. The van der Waals surface area contributed by atoms with E-state index >= 15 is 0 Å². The summed E-state index contributed by atoms with van der Waals surface area (Å²) in [6, 6.07) is 3.54. The highest BCUT2D eigenvalue weighted by atomic mass is 19.3. The summed E-state index contributed by atoms with van der Waals surface area (Å²) < 4.78 is 50.4. The van der Waals surface area contributed by atoms with Crippen molar-refractivity contribution in [3.63, 3.8) is 0 Å². The summed E-state index contributed by atoms with van der Waals surface area (Å²) in [6.07, 6.45) is -0.954. The minimum Gasteiger partial charge on any atom is -0.390 e. The Bertz CT molecular complexity index is 403. The molecule has 1 aliphatic rings. The first kappa shape index (κ1) is 12.3. The molecule has 0 aliphatic carbocycles. The number of hydrogen-bond acceptors (Lipinski definition) is 3. The van der Waals surface area contributed by atoms with Crippen LogP contribution in [0.25, 0.3) is 0 Å². The Kier molecular flexibility index (Phi) is 3.37. The molecule has 0 radical (unpaired) electrons. The third kappa shape index (κ3) is 2.29. The van der Waals surface area contributed by atoms with Crippen LogP contribution >= 0.6 is 0 Å². The van der Waals surface area contributed by atoms with Crippen LogP contribution in [0, 0.1) is 5.82 Å². The van der Waals surface area contributed by atoms with Crippen LogP contribution in [0.1, 0.15) is 17.4 Å². The van der Waals surface area contributed by atoms with Crippen molar-refractivity contribution in [3.05, 3.63) is 35.1 Å². The van der Waals surface area contributed by atoms with E-state index in [2.05, 4.69) is 0 Å². The normalized spacial score (nSPS) is 17.6. The third-order valence-electron chi connectivity index (χ3n) is 2.50. The van der Waals surface area contributed by atoms with Crippen LogP contribution in [0.5, 0.6) is 0 Å². The van der Waals surface area contributed by atoms with Gasteiger partial charge in [0.2, 0.25) is 0 Å². The first-order valence-electron chi connectivity index (χ1n) is 5.07. The van der Waals surface area contributed by atoms with Gasteiger partial charge in [0.05, 0.1) is 18.8 Å². The van der Waals surface area contributed by atoms with Gasteiger partial charge in [-0.2, -0.15) is 8.78 Å². The van der Waals surface area contributed by atoms with Gasteiger partial charge in [-0.3, -0.25) is 0 Å². The van der Waals surface area contributed by atoms with E-state index in [1.165, 1.54) is 12.1 Å². The first-order valence-corrected chi connectivity index (χ1v) is 5.07. The van der Waals surface area contributed by atoms with Crippen molar-refractivity contribution in [1.29, 1.82) is 0 Å². The van der Waals surface area contributed by atoms with E-state index in [0.717, 1.165) is 6.07 Å². The summed E-state index contributed by atoms with van der Waals surface area (Å²) in [6.45, 7) is -0.852. The van der Waals surface area contributed by atoms with Crippen molar-refractivity contribution in [1.82, 2.24) is 0 Å². The smallest absolute Gasteiger partial charge is 0.298 e. The number of rotatable bonds is 3. The van der Waals surface area contributed by atoms with E-state index in [-0.39, 0.29) is 5.56 Å². The Labute approximate surface area is 95.8 Å². The van der Waals surface area contributed by atoms with Gasteiger partial charge in [0, 0.05) is 5.56 Å². The average Bonchev–Trinajstić information content (AvgIpc) is 2.82. The molecule has 0 unspecified atom stereocenters. The molecular formula is C11H11F3O3. The van der Waals surface area contributed by atoms with Crippen LogP contribution in [-0.2, 0) is 15.4 Å². The predicted molar refractivity (Wildman–Crippen MR) is 52.0 cm³/mol. The molecule has 2 rings (SSSR count). The van der Waals surface area contributed by atoms with E-state index in [1.54, 1.807) is 0 Å². The second-order valence-corrected chi connectivity index (χ2v) is 3.64. The zero-order valence-electron chi connectivity index (χ0n) is 8.83. The summed E-state index contributed by atoms with van der Waals surface area (Å²) in [7, 11) is 0. The molecule has 0 atom stereocenters. The minimum absolute atomic E-state index is 0.0758. The van der Waals surface area contributed by atoms with Crippen molar-refractivity contribution in [2.75, 3.05) is 19.8 Å². The van der Waals surface area contributed by atoms with Gasteiger partial charge in [0.1, 0.15) is 12.4 Å². The molecule has 3 nitrogen and oxygen atoms in total. The number of aliphatic hydroxyl groups is 1. The number of ether oxygens (including phenoxy) is 2. The lowest BCUT2D eigenvalue weighted by molar-refractivity contribution is -0.0621. The fraction of sp³-hybridized carbons (Fsp3) is 0.455. The van der Waals surface area contributed by atoms with E-state index in [1.807, 2.05) is 0 Å². The van der Waals surface area contributed by atoms with E-state index < -0.39 is 30.2 Å². The van der Waals surface area contributed by atoms with Crippen molar-refractivity contribution < 1.29 is 27.8 Å². The van der Waals surface area contributed by atoms with Crippen molar-refractivity contribution in [3.8, 4) is 0 Å². The summed E-state index contributed by atoms with van der Waals surface area (Å²) in [5.74, 6) is -4.71. The van der Waals surface area contributed by atoms with E-state index in [4.69, 9.17) is 14.6 Å². The molecule has 6 heteroatoms. The number of alkyl halides is 2. The minimum atomic E-state index is -3.61. The highest BCUT2D eigenvalue weighted by molar-refractivity contribution is 5.30. The van der Waals surface area contributed by atoms with Crippen molar-refractivity contribution in [2.24, 2.45) is 0 Å². The number of halogens is 3. The van der Waals surface area contributed by atoms with Crippen LogP contribution in [0.4, 0.5) is 13.2 Å².